The first-order chi connectivity index (χ1) is 16.2. The third-order valence-corrected chi connectivity index (χ3v) is 5.98. The highest BCUT2D eigenvalue weighted by Gasteiger charge is 2.28. The summed E-state index contributed by atoms with van der Waals surface area (Å²) >= 11 is 0. The molecule has 4 aromatic rings. The number of fused-ring (bicyclic) bond motifs is 1. The fourth-order valence-electron chi connectivity index (χ4n) is 4.30. The Bertz CT molecular complexity index is 1300. The monoisotopic (exact) mass is 443 g/mol. The summed E-state index contributed by atoms with van der Waals surface area (Å²) in [6, 6.07) is 17.1. The molecule has 1 aliphatic rings. The third-order valence-electron chi connectivity index (χ3n) is 5.98. The molecule has 1 atom stereocenters. The molecule has 0 saturated carbocycles. The van der Waals surface area contributed by atoms with Crippen molar-refractivity contribution in [3.05, 3.63) is 88.7 Å². The van der Waals surface area contributed by atoms with Gasteiger partial charge in [-0.3, -0.25) is 14.2 Å². The van der Waals surface area contributed by atoms with Crippen LogP contribution in [0, 0.1) is 5.92 Å². The van der Waals surface area contributed by atoms with Crippen molar-refractivity contribution in [1.82, 2.24) is 19.9 Å². The van der Waals surface area contributed by atoms with Crippen molar-refractivity contribution in [3.63, 3.8) is 0 Å². The Morgan fingerprint density at radius 3 is 2.82 bits per heavy atom. The van der Waals surface area contributed by atoms with Crippen LogP contribution < -0.4 is 15.8 Å². The summed E-state index contributed by atoms with van der Waals surface area (Å²) in [5.41, 5.74) is 2.03. The first-order valence-corrected chi connectivity index (χ1v) is 11.1. The molecule has 168 valence electrons. The van der Waals surface area contributed by atoms with Gasteiger partial charge in [0, 0.05) is 19.3 Å². The van der Waals surface area contributed by atoms with E-state index in [9.17, 15) is 9.59 Å². The predicted octanol–water partition coefficient (Wildman–Crippen LogP) is 2.97. The SMILES string of the molecule is O=C(NCc1ccco1)C1CCCN(c2nc3cccnc3n(Cc3ccccc3)c2=O)C1. The minimum atomic E-state index is -0.220. The second-order valence-corrected chi connectivity index (χ2v) is 8.24. The average Bonchev–Trinajstić information content (AvgIpc) is 3.38. The molecule has 1 aromatic carbocycles. The maximum atomic E-state index is 13.6. The van der Waals surface area contributed by atoms with Crippen molar-refractivity contribution < 1.29 is 9.21 Å². The van der Waals surface area contributed by atoms with Crippen molar-refractivity contribution in [1.29, 1.82) is 0 Å². The lowest BCUT2D eigenvalue weighted by atomic mass is 9.97. The zero-order valence-electron chi connectivity index (χ0n) is 18.2. The third kappa shape index (κ3) is 4.50. The molecule has 0 spiro atoms. The van der Waals surface area contributed by atoms with Gasteiger partial charge in [-0.05, 0) is 42.7 Å². The van der Waals surface area contributed by atoms with Crippen molar-refractivity contribution >= 4 is 22.9 Å². The molecule has 1 amide bonds. The number of furan rings is 1. The molecule has 3 aromatic heterocycles. The molecule has 1 N–H and O–H groups in total. The normalized spacial score (nSPS) is 16.1. The molecule has 1 saturated heterocycles. The highest BCUT2D eigenvalue weighted by molar-refractivity contribution is 5.79. The van der Waals surface area contributed by atoms with E-state index in [0.29, 0.717) is 48.9 Å². The molecular formula is C25H25N5O3. The Hall–Kier alpha value is -3.94. The van der Waals surface area contributed by atoms with Crippen LogP contribution in [0.5, 0.6) is 0 Å². The molecular weight excluding hydrogens is 418 g/mol. The van der Waals surface area contributed by atoms with Crippen molar-refractivity contribution in [3.8, 4) is 0 Å². The number of rotatable bonds is 6. The van der Waals surface area contributed by atoms with Gasteiger partial charge in [-0.1, -0.05) is 30.3 Å². The Morgan fingerprint density at radius 1 is 1.12 bits per heavy atom. The number of hydrogen-bond acceptors (Lipinski definition) is 6. The Morgan fingerprint density at radius 2 is 2.00 bits per heavy atom. The number of hydrogen-bond donors (Lipinski definition) is 1. The number of carbonyl (C=O) groups is 1. The van der Waals surface area contributed by atoms with E-state index in [0.717, 1.165) is 18.4 Å². The second-order valence-electron chi connectivity index (χ2n) is 8.24. The van der Waals surface area contributed by atoms with E-state index < -0.39 is 0 Å². The first-order valence-electron chi connectivity index (χ1n) is 11.1. The van der Waals surface area contributed by atoms with Gasteiger partial charge in [-0.25, -0.2) is 9.97 Å². The zero-order valence-corrected chi connectivity index (χ0v) is 18.2. The van der Waals surface area contributed by atoms with Gasteiger partial charge in [0.15, 0.2) is 11.5 Å². The number of pyridine rings is 1. The van der Waals surface area contributed by atoms with Gasteiger partial charge < -0.3 is 14.6 Å². The molecule has 0 aliphatic carbocycles. The summed E-state index contributed by atoms with van der Waals surface area (Å²) in [6.45, 7) is 1.89. The maximum absolute atomic E-state index is 13.6. The first kappa shape index (κ1) is 20.9. The maximum Gasteiger partial charge on any atom is 0.295 e. The number of nitrogens with one attached hydrogen (secondary N) is 1. The van der Waals surface area contributed by atoms with Gasteiger partial charge in [-0.15, -0.1) is 0 Å². The lowest BCUT2D eigenvalue weighted by Crippen LogP contribution is -2.45. The van der Waals surface area contributed by atoms with Crippen LogP contribution in [-0.2, 0) is 17.9 Å². The Kier molecular flexibility index (Phi) is 5.89. The molecule has 0 bridgehead atoms. The molecule has 1 aliphatic heterocycles. The Balaban J connectivity index is 1.42. The summed E-state index contributed by atoms with van der Waals surface area (Å²) < 4.78 is 6.97. The molecule has 33 heavy (non-hydrogen) atoms. The van der Waals surface area contributed by atoms with Crippen LogP contribution >= 0.6 is 0 Å². The zero-order chi connectivity index (χ0) is 22.6. The van der Waals surface area contributed by atoms with Crippen LogP contribution in [0.25, 0.3) is 11.2 Å². The van der Waals surface area contributed by atoms with E-state index in [1.54, 1.807) is 23.1 Å². The summed E-state index contributed by atoms with van der Waals surface area (Å²) in [5.74, 6) is 0.823. The van der Waals surface area contributed by atoms with Crippen molar-refractivity contribution in [2.75, 3.05) is 18.0 Å². The van der Waals surface area contributed by atoms with Gasteiger partial charge in [0.1, 0.15) is 11.3 Å². The largest absolute Gasteiger partial charge is 0.467 e. The second kappa shape index (κ2) is 9.28. The van der Waals surface area contributed by atoms with Crippen LogP contribution in [0.2, 0.25) is 0 Å². The summed E-state index contributed by atoms with van der Waals surface area (Å²) in [7, 11) is 0. The number of benzene rings is 1. The molecule has 4 heterocycles. The number of piperidine rings is 1. The fraction of sp³-hybridized carbons (Fsp3) is 0.280. The summed E-state index contributed by atoms with van der Waals surface area (Å²) in [6.07, 6.45) is 4.84. The lowest BCUT2D eigenvalue weighted by molar-refractivity contribution is -0.125. The molecule has 5 rings (SSSR count). The van der Waals surface area contributed by atoms with E-state index in [2.05, 4.69) is 15.3 Å². The molecule has 1 unspecified atom stereocenters. The van der Waals surface area contributed by atoms with Crippen LogP contribution in [-0.4, -0.2) is 33.5 Å². The Labute approximate surface area is 190 Å². The van der Waals surface area contributed by atoms with E-state index in [4.69, 9.17) is 4.42 Å². The number of aromatic nitrogens is 3. The highest BCUT2D eigenvalue weighted by atomic mass is 16.3. The van der Waals surface area contributed by atoms with Crippen LogP contribution in [0.15, 0.2) is 76.3 Å². The predicted molar refractivity (Wildman–Crippen MR) is 125 cm³/mol. The minimum absolute atomic E-state index is 0.0387. The van der Waals surface area contributed by atoms with E-state index in [1.165, 1.54) is 0 Å². The quantitative estimate of drug-likeness (QED) is 0.493. The molecule has 0 radical (unpaired) electrons. The van der Waals surface area contributed by atoms with Crippen LogP contribution in [0.1, 0.15) is 24.2 Å². The van der Waals surface area contributed by atoms with Gasteiger partial charge in [0.25, 0.3) is 5.56 Å². The number of amides is 1. The summed E-state index contributed by atoms with van der Waals surface area (Å²) in [5, 5.41) is 2.94. The lowest BCUT2D eigenvalue weighted by Gasteiger charge is -2.32. The van der Waals surface area contributed by atoms with E-state index in [1.807, 2.05) is 53.4 Å². The molecule has 8 nitrogen and oxygen atoms in total. The van der Waals surface area contributed by atoms with Crippen LogP contribution in [0.4, 0.5) is 5.82 Å². The van der Waals surface area contributed by atoms with Gasteiger partial charge in [0.05, 0.1) is 25.3 Å². The van der Waals surface area contributed by atoms with Crippen molar-refractivity contribution in [2.24, 2.45) is 5.92 Å². The molecule has 1 fully saturated rings. The molecule has 8 heteroatoms. The van der Waals surface area contributed by atoms with Crippen molar-refractivity contribution in [2.45, 2.75) is 25.9 Å². The van der Waals surface area contributed by atoms with Gasteiger partial charge >= 0.3 is 0 Å². The topological polar surface area (TPSA) is 93.3 Å². The number of carbonyl (C=O) groups excluding carboxylic acids is 1. The summed E-state index contributed by atoms with van der Waals surface area (Å²) in [4.78, 5) is 37.4. The number of anilines is 1. The standard InChI is InChI=1S/C25H25N5O3/c31-24(27-15-20-10-6-14-33-20)19-9-5-13-29(17-19)23-25(32)30(16-18-7-2-1-3-8-18)22-21(28-23)11-4-12-26-22/h1-4,6-8,10-12,14,19H,5,9,13,15-17H2,(H,27,31). The average molecular weight is 444 g/mol. The number of nitrogens with zero attached hydrogens (tertiary/aromatic N) is 4. The fourth-order valence-corrected chi connectivity index (χ4v) is 4.30. The van der Waals surface area contributed by atoms with Gasteiger partial charge in [-0.2, -0.15) is 0 Å². The van der Waals surface area contributed by atoms with E-state index >= 15 is 0 Å². The minimum Gasteiger partial charge on any atom is -0.467 e. The van der Waals surface area contributed by atoms with Crippen LogP contribution in [0.3, 0.4) is 0 Å². The van der Waals surface area contributed by atoms with E-state index in [-0.39, 0.29) is 17.4 Å². The highest BCUT2D eigenvalue weighted by Crippen LogP contribution is 2.22. The smallest absolute Gasteiger partial charge is 0.295 e. The van der Waals surface area contributed by atoms with Gasteiger partial charge in [0.2, 0.25) is 5.91 Å².